The molecule has 0 fully saturated rings. The number of nitriles is 1. The van der Waals surface area contributed by atoms with Crippen LogP contribution in [-0.2, 0) is 6.42 Å². The molecule has 2 aromatic rings. The molecule has 0 aliphatic carbocycles. The van der Waals surface area contributed by atoms with Crippen LogP contribution < -0.4 is 10.1 Å². The van der Waals surface area contributed by atoms with E-state index in [9.17, 15) is 5.11 Å². The molecule has 0 amide bonds. The Hall–Kier alpha value is -1.87. The molecule has 110 valence electrons. The molecule has 2 N–H and O–H groups in total. The average molecular weight is 302 g/mol. The fraction of sp³-hybridized carbons (Fsp3) is 0.312. The second-order valence-electron chi connectivity index (χ2n) is 4.63. The van der Waals surface area contributed by atoms with Gasteiger partial charge in [-0.15, -0.1) is 11.3 Å². The molecule has 4 nitrogen and oxygen atoms in total. The molecular weight excluding hydrogens is 284 g/mol. The summed E-state index contributed by atoms with van der Waals surface area (Å²) in [5.74, 6) is 0.659. The molecule has 1 atom stereocenters. The van der Waals surface area contributed by atoms with Crippen molar-refractivity contribution in [3.63, 3.8) is 0 Å². The van der Waals surface area contributed by atoms with E-state index in [1.54, 1.807) is 35.6 Å². The van der Waals surface area contributed by atoms with Gasteiger partial charge in [0.25, 0.3) is 0 Å². The van der Waals surface area contributed by atoms with Crippen molar-refractivity contribution in [3.8, 4) is 11.8 Å². The van der Waals surface area contributed by atoms with E-state index in [1.807, 2.05) is 6.07 Å². The number of aliphatic hydroxyl groups excluding tert-OH is 1. The van der Waals surface area contributed by atoms with Gasteiger partial charge in [-0.1, -0.05) is 6.07 Å². The topological polar surface area (TPSA) is 65.3 Å². The molecule has 0 saturated carbocycles. The van der Waals surface area contributed by atoms with Gasteiger partial charge in [-0.25, -0.2) is 0 Å². The fourth-order valence-electron chi connectivity index (χ4n) is 1.81. The lowest BCUT2D eigenvalue weighted by atomic mass is 10.2. The zero-order chi connectivity index (χ0) is 14.9. The van der Waals surface area contributed by atoms with Crippen LogP contribution in [0.4, 0.5) is 0 Å². The molecule has 0 saturated heterocycles. The van der Waals surface area contributed by atoms with E-state index >= 15 is 0 Å². The number of aliphatic hydroxyl groups is 1. The van der Waals surface area contributed by atoms with E-state index in [-0.39, 0.29) is 6.61 Å². The van der Waals surface area contributed by atoms with Crippen molar-refractivity contribution in [1.29, 1.82) is 5.26 Å². The van der Waals surface area contributed by atoms with E-state index < -0.39 is 6.10 Å². The van der Waals surface area contributed by atoms with Crippen LogP contribution in [0.15, 0.2) is 41.8 Å². The first-order chi connectivity index (χ1) is 10.3. The highest BCUT2D eigenvalue weighted by Crippen LogP contribution is 2.11. The van der Waals surface area contributed by atoms with Gasteiger partial charge in [-0.3, -0.25) is 0 Å². The minimum absolute atomic E-state index is 0.234. The summed E-state index contributed by atoms with van der Waals surface area (Å²) in [6.45, 7) is 1.58. The number of rotatable bonds is 8. The summed E-state index contributed by atoms with van der Waals surface area (Å²) in [4.78, 5) is 1.34. The molecule has 0 aliphatic rings. The Bertz CT molecular complexity index is 561. The van der Waals surface area contributed by atoms with Crippen molar-refractivity contribution in [2.24, 2.45) is 0 Å². The Balaban J connectivity index is 1.60. The molecule has 21 heavy (non-hydrogen) atoms. The first-order valence-corrected chi connectivity index (χ1v) is 7.70. The maximum Gasteiger partial charge on any atom is 0.119 e. The largest absolute Gasteiger partial charge is 0.491 e. The van der Waals surface area contributed by atoms with Gasteiger partial charge >= 0.3 is 0 Å². The molecule has 1 unspecified atom stereocenters. The van der Waals surface area contributed by atoms with Crippen molar-refractivity contribution in [2.75, 3.05) is 19.7 Å². The van der Waals surface area contributed by atoms with Crippen molar-refractivity contribution in [3.05, 3.63) is 52.2 Å². The minimum atomic E-state index is -0.552. The highest BCUT2D eigenvalue weighted by molar-refractivity contribution is 7.09. The van der Waals surface area contributed by atoms with Crippen LogP contribution in [0.5, 0.6) is 5.75 Å². The third-order valence-corrected chi connectivity index (χ3v) is 3.87. The van der Waals surface area contributed by atoms with Crippen molar-refractivity contribution < 1.29 is 9.84 Å². The Kier molecular flexibility index (Phi) is 6.22. The average Bonchev–Trinajstić information content (AvgIpc) is 3.03. The summed E-state index contributed by atoms with van der Waals surface area (Å²) in [6, 6.07) is 13.1. The first-order valence-electron chi connectivity index (χ1n) is 6.82. The van der Waals surface area contributed by atoms with Gasteiger partial charge in [0.1, 0.15) is 18.5 Å². The molecule has 1 aromatic carbocycles. The number of nitrogens with zero attached hydrogens (tertiary/aromatic N) is 1. The van der Waals surface area contributed by atoms with E-state index in [1.165, 1.54) is 4.88 Å². The second-order valence-corrected chi connectivity index (χ2v) is 5.67. The van der Waals surface area contributed by atoms with Gasteiger partial charge in [0.05, 0.1) is 11.6 Å². The maximum atomic E-state index is 9.83. The number of hydrogen-bond acceptors (Lipinski definition) is 5. The predicted octanol–water partition coefficient (Wildman–Crippen LogP) is 2.19. The number of ether oxygens (including phenoxy) is 1. The molecule has 5 heteroatoms. The van der Waals surface area contributed by atoms with Gasteiger partial charge in [0.15, 0.2) is 0 Å². The summed E-state index contributed by atoms with van der Waals surface area (Å²) in [6.07, 6.45) is 0.421. The molecular formula is C16H18N2O2S. The van der Waals surface area contributed by atoms with Crippen LogP contribution in [0.25, 0.3) is 0 Å². The van der Waals surface area contributed by atoms with Crippen LogP contribution >= 0.6 is 11.3 Å². The highest BCUT2D eigenvalue weighted by atomic mass is 32.1. The first kappa shape index (κ1) is 15.5. The Morgan fingerprint density at radius 3 is 2.76 bits per heavy atom. The number of nitrogens with one attached hydrogen (secondary N) is 1. The van der Waals surface area contributed by atoms with Gasteiger partial charge in [-0.2, -0.15) is 5.26 Å². The smallest absolute Gasteiger partial charge is 0.119 e. The lowest BCUT2D eigenvalue weighted by Gasteiger charge is -2.13. The zero-order valence-electron chi connectivity index (χ0n) is 11.7. The van der Waals surface area contributed by atoms with Crippen molar-refractivity contribution in [2.45, 2.75) is 12.5 Å². The molecule has 1 aromatic heterocycles. The predicted molar refractivity (Wildman–Crippen MR) is 83.6 cm³/mol. The Morgan fingerprint density at radius 1 is 1.29 bits per heavy atom. The van der Waals surface area contributed by atoms with Crippen molar-refractivity contribution in [1.82, 2.24) is 5.32 Å². The van der Waals surface area contributed by atoms with Gasteiger partial charge in [0, 0.05) is 18.0 Å². The summed E-state index contributed by atoms with van der Waals surface area (Å²) >= 11 is 1.74. The quantitative estimate of drug-likeness (QED) is 0.734. The molecule has 0 spiro atoms. The third kappa shape index (κ3) is 5.56. The molecule has 0 aliphatic heterocycles. The van der Waals surface area contributed by atoms with Crippen LogP contribution in [0, 0.1) is 11.3 Å². The van der Waals surface area contributed by atoms with Crippen LogP contribution in [0.3, 0.4) is 0 Å². The van der Waals surface area contributed by atoms with E-state index in [2.05, 4.69) is 22.8 Å². The molecule has 0 bridgehead atoms. The summed E-state index contributed by atoms with van der Waals surface area (Å²) in [5.41, 5.74) is 0.596. The molecule has 0 radical (unpaired) electrons. The summed E-state index contributed by atoms with van der Waals surface area (Å²) in [5, 5.41) is 23.8. The van der Waals surface area contributed by atoms with Crippen LogP contribution in [0.2, 0.25) is 0 Å². The highest BCUT2D eigenvalue weighted by Gasteiger charge is 2.05. The fourth-order valence-corrected chi connectivity index (χ4v) is 2.52. The summed E-state index contributed by atoms with van der Waals surface area (Å²) in [7, 11) is 0. The third-order valence-electron chi connectivity index (χ3n) is 2.93. The minimum Gasteiger partial charge on any atom is -0.491 e. The van der Waals surface area contributed by atoms with Gasteiger partial charge in [0.2, 0.25) is 0 Å². The molecule has 1 heterocycles. The van der Waals surface area contributed by atoms with E-state index in [4.69, 9.17) is 10.00 Å². The van der Waals surface area contributed by atoms with Gasteiger partial charge in [-0.05, 0) is 42.1 Å². The lowest BCUT2D eigenvalue weighted by Crippen LogP contribution is -2.32. The zero-order valence-corrected chi connectivity index (χ0v) is 12.5. The number of benzene rings is 1. The van der Waals surface area contributed by atoms with E-state index in [0.717, 1.165) is 13.0 Å². The van der Waals surface area contributed by atoms with E-state index in [0.29, 0.717) is 17.9 Å². The lowest BCUT2D eigenvalue weighted by molar-refractivity contribution is 0.106. The number of hydrogen-bond donors (Lipinski definition) is 2. The Morgan fingerprint density at radius 2 is 2.10 bits per heavy atom. The van der Waals surface area contributed by atoms with Crippen molar-refractivity contribution >= 4 is 11.3 Å². The standard InChI is InChI=1S/C16H18N2O2S/c17-10-13-3-5-15(6-4-13)20-12-14(19)11-18-8-7-16-2-1-9-21-16/h1-6,9,14,18-19H,7-8,11-12H2. The van der Waals surface area contributed by atoms with Gasteiger partial charge < -0.3 is 15.2 Å². The molecule has 2 rings (SSSR count). The second kappa shape index (κ2) is 8.42. The van der Waals surface area contributed by atoms with Crippen LogP contribution in [-0.4, -0.2) is 30.9 Å². The Labute approximate surface area is 128 Å². The maximum absolute atomic E-state index is 9.83. The number of thiophene rings is 1. The SMILES string of the molecule is N#Cc1ccc(OCC(O)CNCCc2cccs2)cc1. The summed E-state index contributed by atoms with van der Waals surface area (Å²) < 4.78 is 5.47. The normalized spacial score (nSPS) is 11.8. The monoisotopic (exact) mass is 302 g/mol. The van der Waals surface area contributed by atoms with Crippen LogP contribution in [0.1, 0.15) is 10.4 Å².